The molecule has 0 unspecified atom stereocenters. The number of amides is 1. The third kappa shape index (κ3) is 7.60. The van der Waals surface area contributed by atoms with Crippen molar-refractivity contribution >= 4 is 31.3 Å². The number of halogens is 1. The van der Waals surface area contributed by atoms with E-state index in [-0.39, 0.29) is 18.3 Å². The van der Waals surface area contributed by atoms with Crippen molar-refractivity contribution in [1.29, 1.82) is 0 Å². The Morgan fingerprint density at radius 1 is 1.31 bits per heavy atom. The maximum atomic E-state index is 13.0. The molecule has 2 atom stereocenters. The molecule has 188 valence electrons. The molecule has 2 aromatic heterocycles. The Labute approximate surface area is 207 Å². The third-order valence-electron chi connectivity index (χ3n) is 5.18. The van der Waals surface area contributed by atoms with Crippen LogP contribution < -0.4 is 10.6 Å². The molecule has 0 aliphatic rings. The maximum Gasteiger partial charge on any atom is 0.469 e. The molecule has 1 aromatic carbocycles. The number of aromatic nitrogens is 3. The van der Waals surface area contributed by atoms with Gasteiger partial charge in [-0.1, -0.05) is 30.7 Å². The van der Waals surface area contributed by atoms with Crippen LogP contribution in [0, 0.1) is 6.92 Å². The Hall–Kier alpha value is -2.79. The summed E-state index contributed by atoms with van der Waals surface area (Å²) in [5.74, 6) is -0.166. The van der Waals surface area contributed by atoms with E-state index in [9.17, 15) is 14.5 Å². The molecule has 3 aromatic rings. The lowest BCUT2D eigenvalue weighted by Gasteiger charge is -2.19. The van der Waals surface area contributed by atoms with Gasteiger partial charge in [-0.25, -0.2) is 14.5 Å². The summed E-state index contributed by atoms with van der Waals surface area (Å²) in [7, 11) is -4.76. The molecule has 0 aliphatic heterocycles. The van der Waals surface area contributed by atoms with Crippen LogP contribution in [-0.2, 0) is 9.09 Å². The number of aliphatic hydroxyl groups is 1. The van der Waals surface area contributed by atoms with Gasteiger partial charge in [-0.05, 0) is 42.7 Å². The highest BCUT2D eigenvalue weighted by Crippen LogP contribution is 2.37. The SMILES string of the molecule is CC[C@@H](CO)Nc1ncc(C)c(-c2c[nH]c(C(=O)N[C@H](COP(=O)(O)O)c3cccc(Cl)c3)c2)n1. The Kier molecular flexibility index (Phi) is 9.01. The molecule has 3 rings (SSSR count). The summed E-state index contributed by atoms with van der Waals surface area (Å²) in [6, 6.07) is 7.08. The van der Waals surface area contributed by atoms with E-state index in [4.69, 9.17) is 21.4 Å². The fourth-order valence-corrected chi connectivity index (χ4v) is 3.82. The van der Waals surface area contributed by atoms with Crippen molar-refractivity contribution in [3.63, 3.8) is 0 Å². The van der Waals surface area contributed by atoms with E-state index < -0.39 is 26.4 Å². The minimum atomic E-state index is -4.76. The molecule has 11 nitrogen and oxygen atoms in total. The number of carbonyl (C=O) groups excluding carboxylic acids is 1. The van der Waals surface area contributed by atoms with Crippen LogP contribution in [0.25, 0.3) is 11.3 Å². The molecule has 0 saturated carbocycles. The molecule has 2 heterocycles. The number of hydrogen-bond acceptors (Lipinski definition) is 7. The highest BCUT2D eigenvalue weighted by Gasteiger charge is 2.23. The first-order valence-corrected chi connectivity index (χ1v) is 12.7. The third-order valence-corrected chi connectivity index (χ3v) is 5.91. The molecule has 0 fully saturated rings. The van der Waals surface area contributed by atoms with Crippen molar-refractivity contribution in [2.45, 2.75) is 32.4 Å². The average Bonchev–Trinajstić information content (AvgIpc) is 3.30. The summed E-state index contributed by atoms with van der Waals surface area (Å²) >= 11 is 6.04. The van der Waals surface area contributed by atoms with E-state index in [1.165, 1.54) is 0 Å². The lowest BCUT2D eigenvalue weighted by Crippen LogP contribution is -2.31. The minimum absolute atomic E-state index is 0.0585. The summed E-state index contributed by atoms with van der Waals surface area (Å²) in [6.07, 6.45) is 3.96. The predicted molar refractivity (Wildman–Crippen MR) is 131 cm³/mol. The van der Waals surface area contributed by atoms with Crippen LogP contribution in [0.1, 0.15) is 41.0 Å². The van der Waals surface area contributed by atoms with Crippen LogP contribution >= 0.6 is 19.4 Å². The van der Waals surface area contributed by atoms with Crippen LogP contribution in [0.3, 0.4) is 0 Å². The molecule has 1 amide bonds. The second kappa shape index (κ2) is 11.8. The zero-order valence-electron chi connectivity index (χ0n) is 19.1. The summed E-state index contributed by atoms with van der Waals surface area (Å²) in [6.45, 7) is 3.25. The van der Waals surface area contributed by atoms with Crippen LogP contribution in [0.2, 0.25) is 5.02 Å². The van der Waals surface area contributed by atoms with E-state index in [1.807, 2.05) is 13.8 Å². The molecule has 6 N–H and O–H groups in total. The van der Waals surface area contributed by atoms with Crippen molar-refractivity contribution in [2.75, 3.05) is 18.5 Å². The van der Waals surface area contributed by atoms with Gasteiger partial charge in [0.15, 0.2) is 0 Å². The van der Waals surface area contributed by atoms with Gasteiger partial charge < -0.3 is 30.5 Å². The summed E-state index contributed by atoms with van der Waals surface area (Å²) in [5, 5.41) is 15.6. The lowest BCUT2D eigenvalue weighted by atomic mass is 10.1. The number of benzene rings is 1. The number of aryl methyl sites for hydroxylation is 1. The Morgan fingerprint density at radius 2 is 2.09 bits per heavy atom. The van der Waals surface area contributed by atoms with Crippen molar-refractivity contribution < 1.29 is 28.8 Å². The van der Waals surface area contributed by atoms with Crippen molar-refractivity contribution in [1.82, 2.24) is 20.3 Å². The fraction of sp³-hybridized carbons (Fsp3) is 0.318. The number of nitrogens with zero attached hydrogens (tertiary/aromatic N) is 2. The molecule has 0 bridgehead atoms. The number of hydrogen-bond donors (Lipinski definition) is 6. The van der Waals surface area contributed by atoms with E-state index in [2.05, 4.69) is 30.1 Å². The van der Waals surface area contributed by atoms with E-state index >= 15 is 0 Å². The Balaban J connectivity index is 1.81. The number of anilines is 1. The topological polar surface area (TPSA) is 170 Å². The second-order valence-corrected chi connectivity index (χ2v) is 9.50. The van der Waals surface area contributed by atoms with Crippen molar-refractivity contribution in [3.8, 4) is 11.3 Å². The van der Waals surface area contributed by atoms with Crippen LogP contribution in [-0.4, -0.2) is 55.0 Å². The first-order valence-electron chi connectivity index (χ1n) is 10.8. The predicted octanol–water partition coefficient (Wildman–Crippen LogP) is 3.20. The van der Waals surface area contributed by atoms with E-state index in [0.29, 0.717) is 34.2 Å². The Morgan fingerprint density at radius 3 is 2.74 bits per heavy atom. The van der Waals surface area contributed by atoms with Gasteiger partial charge in [-0.15, -0.1) is 0 Å². The second-order valence-electron chi connectivity index (χ2n) is 7.83. The average molecular weight is 524 g/mol. The quantitative estimate of drug-likeness (QED) is 0.206. The molecule has 13 heteroatoms. The first-order chi connectivity index (χ1) is 16.6. The molecule has 35 heavy (non-hydrogen) atoms. The Bertz CT molecular complexity index is 1210. The molecule has 0 spiro atoms. The fourth-order valence-electron chi connectivity index (χ4n) is 3.28. The molecule has 0 radical (unpaired) electrons. The van der Waals surface area contributed by atoms with Crippen LogP contribution in [0.15, 0.2) is 42.7 Å². The van der Waals surface area contributed by atoms with Gasteiger partial charge >= 0.3 is 7.82 Å². The van der Waals surface area contributed by atoms with Gasteiger partial charge in [-0.2, -0.15) is 0 Å². The van der Waals surface area contributed by atoms with Crippen LogP contribution in [0.4, 0.5) is 5.95 Å². The number of nitrogens with one attached hydrogen (secondary N) is 3. The van der Waals surface area contributed by atoms with Gasteiger partial charge in [0.25, 0.3) is 5.91 Å². The standard InChI is InChI=1S/C22H27ClN5O6P/c1-3-17(11-29)26-22-25-9-13(2)20(28-22)15-8-18(24-10-15)21(30)27-19(12-34-35(31,32)33)14-5-4-6-16(23)7-14/h4-10,17,19,24,29H,3,11-12H2,1-2H3,(H,27,30)(H,25,26,28)(H2,31,32,33)/t17-,19+/m0/s1. The minimum Gasteiger partial charge on any atom is -0.394 e. The number of H-pyrrole nitrogens is 1. The zero-order valence-corrected chi connectivity index (χ0v) is 20.8. The van der Waals surface area contributed by atoms with E-state index in [0.717, 1.165) is 5.56 Å². The number of rotatable bonds is 11. The molecular formula is C22H27ClN5O6P. The van der Waals surface area contributed by atoms with Gasteiger partial charge in [0.2, 0.25) is 5.95 Å². The number of phosphoric ester groups is 1. The maximum absolute atomic E-state index is 13.0. The summed E-state index contributed by atoms with van der Waals surface area (Å²) < 4.78 is 15.8. The largest absolute Gasteiger partial charge is 0.469 e. The normalized spacial score (nSPS) is 13.3. The lowest BCUT2D eigenvalue weighted by molar-refractivity contribution is 0.0904. The van der Waals surface area contributed by atoms with E-state index in [1.54, 1.807) is 42.7 Å². The van der Waals surface area contributed by atoms with Gasteiger partial charge in [-0.3, -0.25) is 9.32 Å². The number of phosphoric acid groups is 1. The summed E-state index contributed by atoms with van der Waals surface area (Å²) in [4.78, 5) is 42.8. The van der Waals surface area contributed by atoms with Gasteiger partial charge in [0.05, 0.1) is 31.0 Å². The molecule has 0 saturated heterocycles. The molecule has 0 aliphatic carbocycles. The first kappa shape index (κ1) is 26.8. The van der Waals surface area contributed by atoms with Gasteiger partial charge in [0.1, 0.15) is 5.69 Å². The highest BCUT2D eigenvalue weighted by molar-refractivity contribution is 7.46. The zero-order chi connectivity index (χ0) is 25.6. The highest BCUT2D eigenvalue weighted by atomic mass is 35.5. The summed E-state index contributed by atoms with van der Waals surface area (Å²) in [5.41, 5.74) is 2.74. The van der Waals surface area contributed by atoms with Crippen molar-refractivity contribution in [2.24, 2.45) is 0 Å². The number of carbonyl (C=O) groups is 1. The van der Waals surface area contributed by atoms with Crippen LogP contribution in [0.5, 0.6) is 0 Å². The van der Waals surface area contributed by atoms with Gasteiger partial charge in [0, 0.05) is 23.0 Å². The number of aromatic amines is 1. The smallest absolute Gasteiger partial charge is 0.394 e. The molecular weight excluding hydrogens is 497 g/mol. The van der Waals surface area contributed by atoms with Crippen molar-refractivity contribution in [3.05, 3.63) is 64.6 Å². The number of aliphatic hydroxyl groups excluding tert-OH is 1. The monoisotopic (exact) mass is 523 g/mol.